The largest absolute Gasteiger partial charge is 0.394 e. The molecule has 3 aliphatic heterocycles. The minimum absolute atomic E-state index is 0.0121. The van der Waals surface area contributed by atoms with Crippen molar-refractivity contribution in [2.45, 2.75) is 31.3 Å². The molecule has 4 N–H and O–H groups in total. The second-order valence-corrected chi connectivity index (χ2v) is 5.15. The third kappa shape index (κ3) is 2.28. The average Bonchev–Trinajstić information content (AvgIpc) is 2.76. The molecule has 22 heavy (non-hydrogen) atoms. The van der Waals surface area contributed by atoms with Crippen molar-refractivity contribution in [2.24, 2.45) is 0 Å². The van der Waals surface area contributed by atoms with Crippen LogP contribution in [0.25, 0.3) is 11.5 Å². The molecule has 4 atom stereocenters. The van der Waals surface area contributed by atoms with Gasteiger partial charge in [-0.1, -0.05) is 0 Å². The quantitative estimate of drug-likeness (QED) is 0.552. The van der Waals surface area contributed by atoms with Crippen LogP contribution in [0.1, 0.15) is 17.4 Å². The Morgan fingerprint density at radius 3 is 2.73 bits per heavy atom. The number of aliphatic hydroxyl groups excluding tert-OH is 3. The molecule has 8 nitrogen and oxygen atoms in total. The molecule has 1 fully saturated rings. The number of nitrogens with one attached hydrogen (secondary N) is 1. The number of rotatable bonds is 2. The SMILES string of the molecule is Cc1nc2cc([C@@H]3O[C@H](CO)C(O)[C@@H]3O)c(=O)nc-2[nH]c1F. The van der Waals surface area contributed by atoms with Crippen molar-refractivity contribution in [2.75, 3.05) is 6.61 Å². The van der Waals surface area contributed by atoms with E-state index in [9.17, 15) is 19.4 Å². The van der Waals surface area contributed by atoms with Gasteiger partial charge in [-0.05, 0) is 13.0 Å². The molecule has 0 aromatic heterocycles. The summed E-state index contributed by atoms with van der Waals surface area (Å²) in [4.78, 5) is 22.0. The van der Waals surface area contributed by atoms with Crippen molar-refractivity contribution in [1.82, 2.24) is 15.0 Å². The van der Waals surface area contributed by atoms with Crippen LogP contribution < -0.4 is 5.56 Å². The minimum atomic E-state index is -1.38. The Labute approximate surface area is 123 Å². The molecule has 3 rings (SSSR count). The van der Waals surface area contributed by atoms with E-state index in [2.05, 4.69) is 15.0 Å². The topological polar surface area (TPSA) is 129 Å². The van der Waals surface area contributed by atoms with E-state index in [0.717, 1.165) is 0 Å². The van der Waals surface area contributed by atoms with Gasteiger partial charge in [0.25, 0.3) is 5.56 Å². The van der Waals surface area contributed by atoms with Gasteiger partial charge in [-0.25, -0.2) is 4.98 Å². The summed E-state index contributed by atoms with van der Waals surface area (Å²) < 4.78 is 18.7. The molecule has 0 bridgehead atoms. The molecule has 0 radical (unpaired) electrons. The number of aliphatic hydroxyl groups is 3. The maximum atomic E-state index is 13.4. The highest BCUT2D eigenvalue weighted by molar-refractivity contribution is 5.52. The van der Waals surface area contributed by atoms with Crippen molar-refractivity contribution >= 4 is 0 Å². The van der Waals surface area contributed by atoms with Crippen LogP contribution in [0, 0.1) is 12.9 Å². The van der Waals surface area contributed by atoms with Gasteiger partial charge in [0.05, 0.1) is 17.9 Å². The second kappa shape index (κ2) is 5.36. The van der Waals surface area contributed by atoms with Crippen LogP contribution >= 0.6 is 0 Å². The number of hydrogen-bond donors (Lipinski definition) is 4. The van der Waals surface area contributed by atoms with Crippen molar-refractivity contribution < 1.29 is 24.4 Å². The zero-order valence-electron chi connectivity index (χ0n) is 11.5. The number of aryl methyl sites for hydroxylation is 1. The summed E-state index contributed by atoms with van der Waals surface area (Å²) in [5.74, 6) is -0.719. The standard InChI is InChI=1S/C13H14FN3O5/c1-4-11(14)16-12-6(15-4)2-5(13(21)17-12)10-9(20)8(19)7(3-18)22-10/h2,7-10,18-20H,3H2,1H3,(H,16,17,21)/t7-,8?,9+,10+/m1/s1. The van der Waals surface area contributed by atoms with E-state index in [1.165, 1.54) is 13.0 Å². The Balaban J connectivity index is 2.09. The molecule has 0 aliphatic carbocycles. The minimum Gasteiger partial charge on any atom is -0.394 e. The predicted molar refractivity (Wildman–Crippen MR) is 70.7 cm³/mol. The van der Waals surface area contributed by atoms with Crippen molar-refractivity contribution in [1.29, 1.82) is 0 Å². The summed E-state index contributed by atoms with van der Waals surface area (Å²) in [5, 5.41) is 28.8. The van der Waals surface area contributed by atoms with Crippen LogP contribution in [-0.2, 0) is 4.74 Å². The van der Waals surface area contributed by atoms with E-state index in [-0.39, 0.29) is 22.8 Å². The number of H-pyrrole nitrogens is 1. The molecule has 1 unspecified atom stereocenters. The number of aromatic amines is 1. The summed E-state index contributed by atoms with van der Waals surface area (Å²) in [6.07, 6.45) is -4.83. The van der Waals surface area contributed by atoms with Crippen molar-refractivity contribution in [3.05, 3.63) is 33.6 Å². The van der Waals surface area contributed by atoms with E-state index in [0.29, 0.717) is 0 Å². The fourth-order valence-electron chi connectivity index (χ4n) is 2.46. The smallest absolute Gasteiger partial charge is 0.277 e. The Hall–Kier alpha value is -1.94. The third-order valence-corrected chi connectivity index (χ3v) is 3.68. The van der Waals surface area contributed by atoms with E-state index in [4.69, 9.17) is 9.84 Å². The van der Waals surface area contributed by atoms with E-state index >= 15 is 0 Å². The van der Waals surface area contributed by atoms with E-state index < -0.39 is 42.5 Å². The lowest BCUT2D eigenvalue weighted by Crippen LogP contribution is -2.33. The lowest BCUT2D eigenvalue weighted by molar-refractivity contribution is -0.0231. The highest BCUT2D eigenvalue weighted by Crippen LogP contribution is 2.33. The molecule has 0 aromatic carbocycles. The number of hydrogen-bond acceptors (Lipinski definition) is 7. The van der Waals surface area contributed by atoms with E-state index in [1.54, 1.807) is 0 Å². The van der Waals surface area contributed by atoms with Gasteiger partial charge in [-0.3, -0.25) is 4.79 Å². The van der Waals surface area contributed by atoms with Gasteiger partial charge in [0.15, 0.2) is 5.82 Å². The summed E-state index contributed by atoms with van der Waals surface area (Å²) >= 11 is 0. The molecule has 118 valence electrons. The van der Waals surface area contributed by atoms with Gasteiger partial charge < -0.3 is 25.0 Å². The third-order valence-electron chi connectivity index (χ3n) is 3.68. The number of nitrogens with zero attached hydrogens (tertiary/aromatic N) is 2. The molecule has 1 saturated heterocycles. The maximum absolute atomic E-state index is 13.4. The zero-order valence-corrected chi connectivity index (χ0v) is 11.5. The fourth-order valence-corrected chi connectivity index (χ4v) is 2.46. The van der Waals surface area contributed by atoms with E-state index in [1.807, 2.05) is 0 Å². The number of ether oxygens (including phenoxy) is 1. The normalized spacial score (nSPS) is 28.4. The highest BCUT2D eigenvalue weighted by atomic mass is 19.1. The number of aromatic nitrogens is 3. The van der Waals surface area contributed by atoms with Gasteiger partial charge in [-0.15, -0.1) is 0 Å². The fraction of sp³-hybridized carbons (Fsp3) is 0.462. The Morgan fingerprint density at radius 2 is 2.09 bits per heavy atom. The van der Waals surface area contributed by atoms with Gasteiger partial charge in [0, 0.05) is 0 Å². The molecule has 0 spiro atoms. The van der Waals surface area contributed by atoms with Gasteiger partial charge >= 0.3 is 0 Å². The lowest BCUT2D eigenvalue weighted by atomic mass is 10.0. The Morgan fingerprint density at radius 1 is 1.36 bits per heavy atom. The molecule has 3 aliphatic rings. The summed E-state index contributed by atoms with van der Waals surface area (Å²) in [6.45, 7) is 0.947. The second-order valence-electron chi connectivity index (χ2n) is 5.15. The average molecular weight is 311 g/mol. The van der Waals surface area contributed by atoms with Crippen LogP contribution in [0.4, 0.5) is 4.39 Å². The monoisotopic (exact) mass is 311 g/mol. The Bertz CT molecular complexity index is 736. The van der Waals surface area contributed by atoms with Gasteiger partial charge in [0.2, 0.25) is 5.95 Å². The maximum Gasteiger partial charge on any atom is 0.277 e. The molecule has 0 saturated carbocycles. The Kier molecular flexibility index (Phi) is 3.65. The van der Waals surface area contributed by atoms with Crippen molar-refractivity contribution in [3.8, 4) is 11.5 Å². The predicted octanol–water partition coefficient (Wildman–Crippen LogP) is -1.13. The highest BCUT2D eigenvalue weighted by Gasteiger charge is 2.44. The van der Waals surface area contributed by atoms with Crippen LogP contribution in [0.2, 0.25) is 0 Å². The number of halogens is 1. The van der Waals surface area contributed by atoms with Crippen LogP contribution in [-0.4, -0.2) is 55.2 Å². The summed E-state index contributed by atoms with van der Waals surface area (Å²) in [7, 11) is 0. The number of pyridine rings is 1. The lowest BCUT2D eigenvalue weighted by Gasteiger charge is -2.15. The molecule has 3 heterocycles. The first-order chi connectivity index (χ1) is 10.4. The molecule has 0 aromatic rings. The molecular formula is C13H14FN3O5. The summed E-state index contributed by atoms with van der Waals surface area (Å²) in [5.41, 5.74) is -0.420. The molecule has 0 amide bonds. The molecule has 9 heteroatoms. The van der Waals surface area contributed by atoms with Crippen molar-refractivity contribution in [3.63, 3.8) is 0 Å². The first-order valence-electron chi connectivity index (χ1n) is 6.62. The van der Waals surface area contributed by atoms with Gasteiger partial charge in [0.1, 0.15) is 30.1 Å². The first-order valence-corrected chi connectivity index (χ1v) is 6.62. The summed E-state index contributed by atoms with van der Waals surface area (Å²) in [6, 6.07) is 1.33. The van der Waals surface area contributed by atoms with Gasteiger partial charge in [-0.2, -0.15) is 9.37 Å². The number of fused-ring (bicyclic) bond motifs is 1. The molecular weight excluding hydrogens is 297 g/mol. The first kappa shape index (κ1) is 15.0. The van der Waals surface area contributed by atoms with Crippen LogP contribution in [0.3, 0.4) is 0 Å². The zero-order chi connectivity index (χ0) is 16.0. The van der Waals surface area contributed by atoms with Crippen LogP contribution in [0.5, 0.6) is 0 Å². The van der Waals surface area contributed by atoms with Crippen LogP contribution in [0.15, 0.2) is 10.9 Å².